The van der Waals surface area contributed by atoms with Crippen molar-refractivity contribution in [1.82, 2.24) is 4.90 Å². The zero-order valence-electron chi connectivity index (χ0n) is 12.6. The Morgan fingerprint density at radius 1 is 1.61 bits per heavy atom. The summed E-state index contributed by atoms with van der Waals surface area (Å²) in [5, 5.41) is 20.3. The molecule has 1 fully saturated rings. The second kappa shape index (κ2) is 7.58. The van der Waals surface area contributed by atoms with Crippen LogP contribution >= 0.6 is 11.6 Å². The van der Waals surface area contributed by atoms with Gasteiger partial charge in [0, 0.05) is 30.7 Å². The van der Waals surface area contributed by atoms with Crippen LogP contribution in [0.25, 0.3) is 0 Å². The number of nitro groups is 1. The summed E-state index contributed by atoms with van der Waals surface area (Å²) in [6, 6.07) is 4.58. The number of benzene rings is 1. The molecule has 8 nitrogen and oxygen atoms in total. The van der Waals surface area contributed by atoms with E-state index in [2.05, 4.69) is 0 Å². The summed E-state index contributed by atoms with van der Waals surface area (Å²) in [6.45, 7) is 1.75. The van der Waals surface area contributed by atoms with E-state index >= 15 is 0 Å². The maximum Gasteiger partial charge on any atom is 0.317 e. The van der Waals surface area contributed by atoms with Gasteiger partial charge in [-0.05, 0) is 19.2 Å². The molecule has 0 amide bonds. The maximum atomic E-state index is 11.2. The molecule has 1 saturated heterocycles. The van der Waals surface area contributed by atoms with Gasteiger partial charge in [0.2, 0.25) is 0 Å². The SMILES string of the molecule is CN(CC(=O)O)CC1CN(c2ccc(Cl)cc2[N+](=O)[O-])CCO1. The number of aliphatic carboxylic acids is 1. The topological polar surface area (TPSA) is 96.2 Å². The first-order valence-electron chi connectivity index (χ1n) is 7.07. The van der Waals surface area contributed by atoms with Crippen molar-refractivity contribution in [2.75, 3.05) is 44.7 Å². The minimum absolute atomic E-state index is 0.0444. The number of carboxylic acid groups (broad SMARTS) is 1. The van der Waals surface area contributed by atoms with Crippen LogP contribution in [-0.2, 0) is 9.53 Å². The fraction of sp³-hybridized carbons (Fsp3) is 0.500. The Balaban J connectivity index is 2.09. The van der Waals surface area contributed by atoms with Gasteiger partial charge in [-0.1, -0.05) is 11.6 Å². The Labute approximate surface area is 138 Å². The van der Waals surface area contributed by atoms with E-state index in [9.17, 15) is 14.9 Å². The molecule has 0 aromatic heterocycles. The van der Waals surface area contributed by atoms with Crippen molar-refractivity contribution in [2.24, 2.45) is 0 Å². The van der Waals surface area contributed by atoms with E-state index in [1.165, 1.54) is 6.07 Å². The van der Waals surface area contributed by atoms with Crippen molar-refractivity contribution in [3.05, 3.63) is 33.3 Å². The number of halogens is 1. The fourth-order valence-corrected chi connectivity index (χ4v) is 2.77. The molecule has 0 spiro atoms. The molecule has 1 N–H and O–H groups in total. The predicted octanol–water partition coefficient (Wildman–Crippen LogP) is 1.47. The van der Waals surface area contributed by atoms with Crippen molar-refractivity contribution in [3.63, 3.8) is 0 Å². The van der Waals surface area contributed by atoms with E-state index in [1.807, 2.05) is 4.90 Å². The highest BCUT2D eigenvalue weighted by atomic mass is 35.5. The summed E-state index contributed by atoms with van der Waals surface area (Å²) in [5.41, 5.74) is 0.450. The summed E-state index contributed by atoms with van der Waals surface area (Å²) in [7, 11) is 1.70. The minimum atomic E-state index is -0.909. The van der Waals surface area contributed by atoms with Gasteiger partial charge in [-0.2, -0.15) is 0 Å². The zero-order chi connectivity index (χ0) is 17.0. The van der Waals surface area contributed by atoms with Gasteiger partial charge >= 0.3 is 5.97 Å². The normalized spacial score (nSPS) is 18.2. The lowest BCUT2D eigenvalue weighted by atomic mass is 10.2. The van der Waals surface area contributed by atoms with Gasteiger partial charge in [0.1, 0.15) is 5.69 Å². The van der Waals surface area contributed by atoms with E-state index in [4.69, 9.17) is 21.4 Å². The smallest absolute Gasteiger partial charge is 0.317 e. The highest BCUT2D eigenvalue weighted by molar-refractivity contribution is 6.30. The van der Waals surface area contributed by atoms with Crippen molar-refractivity contribution >= 4 is 28.9 Å². The van der Waals surface area contributed by atoms with Crippen molar-refractivity contribution in [2.45, 2.75) is 6.10 Å². The van der Waals surface area contributed by atoms with Crippen LogP contribution in [0.4, 0.5) is 11.4 Å². The number of anilines is 1. The van der Waals surface area contributed by atoms with Gasteiger partial charge in [0.25, 0.3) is 5.69 Å². The zero-order valence-corrected chi connectivity index (χ0v) is 13.4. The number of hydrogen-bond acceptors (Lipinski definition) is 6. The number of carbonyl (C=O) groups is 1. The standard InChI is InChI=1S/C14H18ClN3O5/c1-16(9-14(19)20)7-11-8-17(4-5-23-11)12-3-2-10(15)6-13(12)18(21)22/h2-3,6,11H,4-5,7-9H2,1H3,(H,19,20). The molecule has 2 rings (SSSR count). The molecule has 1 heterocycles. The molecule has 1 unspecified atom stereocenters. The molecule has 126 valence electrons. The van der Waals surface area contributed by atoms with Gasteiger partial charge in [-0.15, -0.1) is 0 Å². The number of likely N-dealkylation sites (N-methyl/N-ethyl adjacent to an activating group) is 1. The largest absolute Gasteiger partial charge is 0.480 e. The quantitative estimate of drug-likeness (QED) is 0.617. The summed E-state index contributed by atoms with van der Waals surface area (Å²) in [4.78, 5) is 25.0. The molecule has 1 aromatic carbocycles. The molecule has 1 aromatic rings. The van der Waals surface area contributed by atoms with Crippen LogP contribution in [-0.4, -0.2) is 66.8 Å². The molecule has 1 atom stereocenters. The highest BCUT2D eigenvalue weighted by Crippen LogP contribution is 2.32. The third-order valence-corrected chi connectivity index (χ3v) is 3.77. The molecule has 0 saturated carbocycles. The van der Waals surface area contributed by atoms with Crippen molar-refractivity contribution in [3.8, 4) is 0 Å². The Morgan fingerprint density at radius 2 is 2.35 bits per heavy atom. The van der Waals surface area contributed by atoms with Crippen LogP contribution in [0.15, 0.2) is 18.2 Å². The Bertz CT molecular complexity index is 598. The average Bonchev–Trinajstić information content (AvgIpc) is 2.46. The number of nitrogens with zero attached hydrogens (tertiary/aromatic N) is 3. The molecule has 0 radical (unpaired) electrons. The van der Waals surface area contributed by atoms with E-state index in [0.717, 1.165) is 0 Å². The van der Waals surface area contributed by atoms with Crippen LogP contribution in [0.3, 0.4) is 0 Å². The summed E-state index contributed by atoms with van der Waals surface area (Å²) < 4.78 is 5.63. The van der Waals surface area contributed by atoms with Gasteiger partial charge in [-0.3, -0.25) is 19.8 Å². The fourth-order valence-electron chi connectivity index (χ4n) is 2.60. The Kier molecular flexibility index (Phi) is 5.75. The molecule has 1 aliphatic heterocycles. The van der Waals surface area contributed by atoms with Gasteiger partial charge < -0.3 is 14.7 Å². The lowest BCUT2D eigenvalue weighted by molar-refractivity contribution is -0.384. The summed E-state index contributed by atoms with van der Waals surface area (Å²) >= 11 is 5.84. The van der Waals surface area contributed by atoms with Gasteiger partial charge in [0.05, 0.1) is 24.2 Å². The van der Waals surface area contributed by atoms with E-state index in [1.54, 1.807) is 24.1 Å². The Hall–Kier alpha value is -1.90. The lowest BCUT2D eigenvalue weighted by Gasteiger charge is -2.35. The first-order chi connectivity index (χ1) is 10.9. The van der Waals surface area contributed by atoms with Crippen LogP contribution in [0.2, 0.25) is 5.02 Å². The van der Waals surface area contributed by atoms with Crippen LogP contribution in [0, 0.1) is 10.1 Å². The van der Waals surface area contributed by atoms with Gasteiger partial charge in [0.15, 0.2) is 0 Å². The average molecular weight is 344 g/mol. The van der Waals surface area contributed by atoms with Crippen molar-refractivity contribution < 1.29 is 19.6 Å². The third-order valence-electron chi connectivity index (χ3n) is 3.53. The van der Waals surface area contributed by atoms with Crippen LogP contribution in [0.1, 0.15) is 0 Å². The van der Waals surface area contributed by atoms with Crippen molar-refractivity contribution in [1.29, 1.82) is 0 Å². The number of carboxylic acids is 1. The number of hydrogen-bond donors (Lipinski definition) is 1. The maximum absolute atomic E-state index is 11.2. The van der Waals surface area contributed by atoms with Crippen LogP contribution in [0.5, 0.6) is 0 Å². The van der Waals surface area contributed by atoms with E-state index < -0.39 is 10.9 Å². The monoisotopic (exact) mass is 343 g/mol. The molecule has 0 bridgehead atoms. The van der Waals surface area contributed by atoms with E-state index in [0.29, 0.717) is 37.0 Å². The van der Waals surface area contributed by atoms with E-state index in [-0.39, 0.29) is 18.3 Å². The predicted molar refractivity (Wildman–Crippen MR) is 85.2 cm³/mol. The highest BCUT2D eigenvalue weighted by Gasteiger charge is 2.27. The number of rotatable bonds is 6. The summed E-state index contributed by atoms with van der Waals surface area (Å²) in [6.07, 6.45) is -0.219. The van der Waals surface area contributed by atoms with Crippen LogP contribution < -0.4 is 4.90 Å². The molecular formula is C14H18ClN3O5. The molecule has 9 heteroatoms. The molecule has 1 aliphatic rings. The third kappa shape index (κ3) is 4.78. The first-order valence-corrected chi connectivity index (χ1v) is 7.45. The minimum Gasteiger partial charge on any atom is -0.480 e. The second-order valence-electron chi connectivity index (χ2n) is 5.42. The molecular weight excluding hydrogens is 326 g/mol. The second-order valence-corrected chi connectivity index (χ2v) is 5.86. The number of morpholine rings is 1. The van der Waals surface area contributed by atoms with Gasteiger partial charge in [-0.25, -0.2) is 0 Å². The molecule has 23 heavy (non-hydrogen) atoms. The lowest BCUT2D eigenvalue weighted by Crippen LogP contribution is -2.47. The summed E-state index contributed by atoms with van der Waals surface area (Å²) in [5.74, 6) is -0.909. The Morgan fingerprint density at radius 3 is 3.00 bits per heavy atom. The number of ether oxygens (including phenoxy) is 1. The first kappa shape index (κ1) is 17.5. The molecule has 0 aliphatic carbocycles. The number of nitro benzene ring substituents is 1.